The van der Waals surface area contributed by atoms with Crippen LogP contribution in [0.15, 0.2) is 24.3 Å². The number of imide groups is 1. The van der Waals surface area contributed by atoms with E-state index in [0.717, 1.165) is 31.7 Å². The fourth-order valence-electron chi connectivity index (χ4n) is 5.77. The Hall–Kier alpha value is -2.57. The van der Waals surface area contributed by atoms with E-state index in [1.165, 1.54) is 29.8 Å². The number of nitrogens with zero attached hydrogens (tertiary/aromatic N) is 2. The first-order valence-corrected chi connectivity index (χ1v) is 10.8. The number of nitrogens with one attached hydrogen (secondary N) is 2. The lowest BCUT2D eigenvalue weighted by Crippen LogP contribution is -2.69. The molecule has 7 nitrogen and oxygen atoms in total. The minimum Gasteiger partial charge on any atom is -0.368 e. The highest BCUT2D eigenvalue weighted by Gasteiger charge is 2.51. The third-order valence-electron chi connectivity index (χ3n) is 7.28. The first-order valence-electron chi connectivity index (χ1n) is 10.8. The Morgan fingerprint density at radius 2 is 1.83 bits per heavy atom. The van der Waals surface area contributed by atoms with Crippen LogP contribution in [-0.4, -0.2) is 47.4 Å². The van der Waals surface area contributed by atoms with Gasteiger partial charge in [0.15, 0.2) is 0 Å². The molecule has 2 atom stereocenters. The lowest BCUT2D eigenvalue weighted by atomic mass is 9.78. The van der Waals surface area contributed by atoms with Crippen molar-refractivity contribution in [3.63, 3.8) is 0 Å². The Balaban J connectivity index is 1.31. The molecule has 4 amide bonds. The first kappa shape index (κ1) is 18.5. The van der Waals surface area contributed by atoms with E-state index < -0.39 is 11.4 Å². The molecule has 2 aliphatic heterocycles. The molecule has 2 saturated heterocycles. The molecule has 2 bridgehead atoms. The van der Waals surface area contributed by atoms with Gasteiger partial charge in [-0.05, 0) is 62.3 Å². The quantitative estimate of drug-likeness (QED) is 0.753. The lowest BCUT2D eigenvalue weighted by molar-refractivity contribution is -0.146. The second-order valence-electron chi connectivity index (χ2n) is 9.02. The zero-order valence-corrected chi connectivity index (χ0v) is 16.7. The van der Waals surface area contributed by atoms with Gasteiger partial charge in [-0.25, -0.2) is 4.79 Å². The van der Waals surface area contributed by atoms with E-state index in [-0.39, 0.29) is 18.5 Å². The van der Waals surface area contributed by atoms with E-state index in [1.807, 2.05) is 12.1 Å². The molecule has 2 N–H and O–H groups in total. The normalized spacial score (nSPS) is 28.0. The van der Waals surface area contributed by atoms with Crippen molar-refractivity contribution < 1.29 is 14.4 Å². The van der Waals surface area contributed by atoms with Crippen LogP contribution in [0, 0.1) is 5.92 Å². The van der Waals surface area contributed by atoms with Crippen molar-refractivity contribution >= 4 is 29.2 Å². The number of carbonyl (C=O) groups excluding carboxylic acids is 3. The molecular formula is C22H28N4O3. The fraction of sp³-hybridized carbons (Fsp3) is 0.591. The molecule has 1 aromatic rings. The predicted molar refractivity (Wildman–Crippen MR) is 110 cm³/mol. The number of carbonyl (C=O) groups is 3. The number of hydrogen-bond acceptors (Lipinski definition) is 4. The summed E-state index contributed by atoms with van der Waals surface area (Å²) in [5, 5.41) is 5.35. The Labute approximate surface area is 170 Å². The number of piperidine rings is 1. The van der Waals surface area contributed by atoms with E-state index in [0.29, 0.717) is 24.6 Å². The van der Waals surface area contributed by atoms with Gasteiger partial charge in [0, 0.05) is 24.0 Å². The molecule has 1 spiro atoms. The Morgan fingerprint density at radius 1 is 1.07 bits per heavy atom. The molecule has 2 saturated carbocycles. The highest BCUT2D eigenvalue weighted by Crippen LogP contribution is 2.40. The molecule has 5 rings (SSSR count). The van der Waals surface area contributed by atoms with Gasteiger partial charge in [-0.3, -0.25) is 14.9 Å². The van der Waals surface area contributed by atoms with Crippen molar-refractivity contribution in [1.82, 2.24) is 10.2 Å². The molecular weight excluding hydrogens is 368 g/mol. The second kappa shape index (κ2) is 7.04. The molecule has 29 heavy (non-hydrogen) atoms. The van der Waals surface area contributed by atoms with Crippen molar-refractivity contribution in [1.29, 1.82) is 0 Å². The summed E-state index contributed by atoms with van der Waals surface area (Å²) in [6.45, 7) is 1.05. The minimum absolute atomic E-state index is 0.0769. The number of amides is 4. The maximum atomic E-state index is 13.0. The maximum Gasteiger partial charge on any atom is 0.323 e. The number of anilines is 2. The van der Waals surface area contributed by atoms with Crippen LogP contribution in [0.1, 0.15) is 51.4 Å². The van der Waals surface area contributed by atoms with Crippen LogP contribution in [0.3, 0.4) is 0 Å². The second-order valence-corrected chi connectivity index (χ2v) is 9.02. The van der Waals surface area contributed by atoms with Gasteiger partial charge in [-0.1, -0.05) is 19.3 Å². The van der Waals surface area contributed by atoms with E-state index in [9.17, 15) is 14.4 Å². The van der Waals surface area contributed by atoms with E-state index in [1.54, 1.807) is 0 Å². The van der Waals surface area contributed by atoms with Crippen molar-refractivity contribution in [3.8, 4) is 0 Å². The summed E-state index contributed by atoms with van der Waals surface area (Å²) in [5.74, 6) is 0.0812. The number of fused-ring (bicyclic) bond motifs is 2. The van der Waals surface area contributed by atoms with Crippen LogP contribution in [0.2, 0.25) is 0 Å². The topological polar surface area (TPSA) is 81.8 Å². The van der Waals surface area contributed by atoms with Crippen LogP contribution in [0.5, 0.6) is 0 Å². The van der Waals surface area contributed by atoms with Crippen LogP contribution < -0.4 is 15.5 Å². The molecule has 2 aliphatic carbocycles. The van der Waals surface area contributed by atoms with Crippen molar-refractivity contribution in [2.75, 3.05) is 23.3 Å². The maximum absolute atomic E-state index is 13.0. The van der Waals surface area contributed by atoms with Gasteiger partial charge in [0.25, 0.3) is 5.91 Å². The van der Waals surface area contributed by atoms with Crippen molar-refractivity contribution in [2.24, 2.45) is 5.92 Å². The number of piperazine rings is 1. The standard InChI is InChI=1S/C22H28N4O3/c27-19-14-26(22(20(28)24-19)10-2-1-3-11-22)21(29)23-16-5-8-17(9-6-16)25-13-15-4-7-18(25)12-15/h5-6,8-9,15,18H,1-4,7,10-14H2,(H,23,29)(H,24,27,28). The van der Waals surface area contributed by atoms with E-state index >= 15 is 0 Å². The van der Waals surface area contributed by atoms with Crippen molar-refractivity contribution in [3.05, 3.63) is 24.3 Å². The zero-order chi connectivity index (χ0) is 20.0. The Kier molecular flexibility index (Phi) is 4.48. The Bertz CT molecular complexity index is 831. The smallest absolute Gasteiger partial charge is 0.323 e. The predicted octanol–water partition coefficient (Wildman–Crippen LogP) is 2.87. The summed E-state index contributed by atoms with van der Waals surface area (Å²) in [5.41, 5.74) is 0.990. The first-order chi connectivity index (χ1) is 14.0. The minimum atomic E-state index is -0.898. The van der Waals surface area contributed by atoms with Gasteiger partial charge in [0.05, 0.1) is 0 Å². The van der Waals surface area contributed by atoms with Crippen LogP contribution >= 0.6 is 0 Å². The van der Waals surface area contributed by atoms with E-state index in [2.05, 4.69) is 27.7 Å². The summed E-state index contributed by atoms with van der Waals surface area (Å²) in [4.78, 5) is 41.6. The molecule has 154 valence electrons. The molecule has 7 heteroatoms. The number of hydrogen-bond donors (Lipinski definition) is 2. The molecule has 2 heterocycles. The zero-order valence-electron chi connectivity index (χ0n) is 16.7. The number of rotatable bonds is 2. The third-order valence-corrected chi connectivity index (χ3v) is 7.28. The summed E-state index contributed by atoms with van der Waals surface area (Å²) in [6, 6.07) is 8.23. The van der Waals surface area contributed by atoms with Gasteiger partial charge in [-0.15, -0.1) is 0 Å². The highest BCUT2D eigenvalue weighted by atomic mass is 16.2. The van der Waals surface area contributed by atoms with E-state index in [4.69, 9.17) is 0 Å². The summed E-state index contributed by atoms with van der Waals surface area (Å²) < 4.78 is 0. The highest BCUT2D eigenvalue weighted by molar-refractivity contribution is 6.08. The average molecular weight is 396 g/mol. The third kappa shape index (κ3) is 3.16. The lowest BCUT2D eigenvalue weighted by Gasteiger charge is -2.46. The Morgan fingerprint density at radius 3 is 2.48 bits per heavy atom. The van der Waals surface area contributed by atoms with Gasteiger partial charge < -0.3 is 15.1 Å². The fourth-order valence-corrected chi connectivity index (χ4v) is 5.77. The van der Waals surface area contributed by atoms with Crippen LogP contribution in [0.25, 0.3) is 0 Å². The van der Waals surface area contributed by atoms with Gasteiger partial charge in [0.1, 0.15) is 12.1 Å². The SMILES string of the molecule is O=C1CN(C(=O)Nc2ccc(N3CC4CCC3C4)cc2)C2(CCCCC2)C(=O)N1. The molecule has 0 aromatic heterocycles. The monoisotopic (exact) mass is 396 g/mol. The van der Waals surface area contributed by atoms with Crippen molar-refractivity contribution in [2.45, 2.75) is 62.9 Å². The largest absolute Gasteiger partial charge is 0.368 e. The van der Waals surface area contributed by atoms with Crippen LogP contribution in [0.4, 0.5) is 16.2 Å². The summed E-state index contributed by atoms with van der Waals surface area (Å²) in [6.07, 6.45) is 7.96. The summed E-state index contributed by atoms with van der Waals surface area (Å²) >= 11 is 0. The average Bonchev–Trinajstić information content (AvgIpc) is 3.36. The molecule has 4 aliphatic rings. The van der Waals surface area contributed by atoms with Gasteiger partial charge in [0.2, 0.25) is 5.91 Å². The number of benzene rings is 1. The van der Waals surface area contributed by atoms with Gasteiger partial charge in [-0.2, -0.15) is 0 Å². The van der Waals surface area contributed by atoms with Crippen LogP contribution in [-0.2, 0) is 9.59 Å². The molecule has 4 fully saturated rings. The molecule has 0 radical (unpaired) electrons. The molecule has 1 aromatic carbocycles. The summed E-state index contributed by atoms with van der Waals surface area (Å²) in [7, 11) is 0. The number of urea groups is 1. The van der Waals surface area contributed by atoms with Gasteiger partial charge >= 0.3 is 6.03 Å². The molecule has 2 unspecified atom stereocenters.